The molecule has 1 atom stereocenters. The summed E-state index contributed by atoms with van der Waals surface area (Å²) in [6.07, 6.45) is 3.89. The van der Waals surface area contributed by atoms with Gasteiger partial charge in [-0.25, -0.2) is 9.36 Å². The number of unbranched alkanes of at least 4 members (excludes halogenated alkanes) is 2. The molecule has 7 heteroatoms. The minimum Gasteiger partial charge on any atom is -0.462 e. The third-order valence-corrected chi connectivity index (χ3v) is 3.24. The van der Waals surface area contributed by atoms with Crippen LogP contribution in [0.3, 0.4) is 0 Å². The van der Waals surface area contributed by atoms with Gasteiger partial charge in [0.05, 0.1) is 12.7 Å². The third kappa shape index (κ3) is 11.2. The van der Waals surface area contributed by atoms with Crippen LogP contribution in [-0.4, -0.2) is 28.5 Å². The zero-order valence-corrected chi connectivity index (χ0v) is 13.1. The molecular formula is C13H25O6P. The highest BCUT2D eigenvalue weighted by molar-refractivity contribution is 7.46. The van der Waals surface area contributed by atoms with Gasteiger partial charge in [-0.1, -0.05) is 32.8 Å². The van der Waals surface area contributed by atoms with Crippen LogP contribution < -0.4 is 0 Å². The summed E-state index contributed by atoms with van der Waals surface area (Å²) in [7, 11) is -4.48. The third-order valence-electron chi connectivity index (χ3n) is 2.67. The Hall–Kier alpha value is -0.680. The Labute approximate surface area is 120 Å². The van der Waals surface area contributed by atoms with Crippen LogP contribution in [0.15, 0.2) is 12.2 Å². The van der Waals surface area contributed by atoms with Crippen LogP contribution in [0, 0.1) is 0 Å². The summed E-state index contributed by atoms with van der Waals surface area (Å²) in [5.74, 6) is -0.455. The van der Waals surface area contributed by atoms with Crippen LogP contribution in [0.2, 0.25) is 0 Å². The number of rotatable bonds is 11. The first-order chi connectivity index (χ1) is 9.26. The fraction of sp³-hybridized carbons (Fsp3) is 0.769. The van der Waals surface area contributed by atoms with Crippen molar-refractivity contribution in [2.45, 2.75) is 58.5 Å². The summed E-state index contributed by atoms with van der Waals surface area (Å²) in [6.45, 7) is 7.27. The Balaban J connectivity index is 4.05. The fourth-order valence-corrected chi connectivity index (χ4v) is 2.26. The highest BCUT2D eigenvalue weighted by Gasteiger charge is 2.21. The van der Waals surface area contributed by atoms with Gasteiger partial charge in [0.2, 0.25) is 0 Å². The molecule has 20 heavy (non-hydrogen) atoms. The second-order valence-corrected chi connectivity index (χ2v) is 5.96. The van der Waals surface area contributed by atoms with E-state index in [1.165, 1.54) is 0 Å². The maximum Gasteiger partial charge on any atom is 0.469 e. The lowest BCUT2D eigenvalue weighted by Gasteiger charge is -2.18. The van der Waals surface area contributed by atoms with E-state index < -0.39 is 19.9 Å². The first-order valence-corrected chi connectivity index (χ1v) is 8.36. The lowest BCUT2D eigenvalue weighted by atomic mass is 10.1. The highest BCUT2D eigenvalue weighted by Crippen LogP contribution is 2.39. The molecule has 0 fully saturated rings. The van der Waals surface area contributed by atoms with Gasteiger partial charge < -0.3 is 14.5 Å². The molecule has 0 aliphatic rings. The van der Waals surface area contributed by atoms with E-state index in [2.05, 4.69) is 13.5 Å². The quantitative estimate of drug-likeness (QED) is 0.264. The lowest BCUT2D eigenvalue weighted by Crippen LogP contribution is -2.14. The van der Waals surface area contributed by atoms with Crippen molar-refractivity contribution in [1.82, 2.24) is 0 Å². The molecule has 0 saturated heterocycles. The van der Waals surface area contributed by atoms with Gasteiger partial charge in [-0.2, -0.15) is 0 Å². The van der Waals surface area contributed by atoms with Crippen LogP contribution in [-0.2, 0) is 18.6 Å². The van der Waals surface area contributed by atoms with E-state index in [-0.39, 0.29) is 6.61 Å². The van der Waals surface area contributed by atoms with Crippen LogP contribution in [0.5, 0.6) is 0 Å². The summed E-state index contributed by atoms with van der Waals surface area (Å²) in [4.78, 5) is 28.9. The number of esters is 1. The number of hydrogen-bond acceptors (Lipinski definition) is 4. The number of carbonyl (C=O) groups is 1. The average molecular weight is 308 g/mol. The first-order valence-electron chi connectivity index (χ1n) is 6.82. The molecule has 0 bridgehead atoms. The van der Waals surface area contributed by atoms with Gasteiger partial charge in [0.15, 0.2) is 0 Å². The largest absolute Gasteiger partial charge is 0.469 e. The average Bonchev–Trinajstić information content (AvgIpc) is 2.32. The van der Waals surface area contributed by atoms with Gasteiger partial charge in [0.25, 0.3) is 0 Å². The van der Waals surface area contributed by atoms with E-state index >= 15 is 0 Å². The van der Waals surface area contributed by atoms with Gasteiger partial charge in [0.1, 0.15) is 0 Å². The second-order valence-electron chi connectivity index (χ2n) is 4.77. The van der Waals surface area contributed by atoms with E-state index in [4.69, 9.17) is 19.0 Å². The SMILES string of the molecule is C=C(C)C(=O)OCCCC(CCCCC)OP(=O)(O)O. The van der Waals surface area contributed by atoms with Crippen molar-refractivity contribution in [1.29, 1.82) is 0 Å². The molecule has 0 aliphatic carbocycles. The van der Waals surface area contributed by atoms with Crippen molar-refractivity contribution in [2.75, 3.05) is 6.61 Å². The molecule has 0 aliphatic heterocycles. The van der Waals surface area contributed by atoms with E-state index in [1.807, 2.05) is 0 Å². The number of ether oxygens (including phenoxy) is 1. The zero-order chi connectivity index (χ0) is 15.6. The summed E-state index contributed by atoms with van der Waals surface area (Å²) in [5, 5.41) is 0. The first kappa shape index (κ1) is 19.3. The second kappa shape index (κ2) is 10.1. The Morgan fingerprint density at radius 2 is 1.85 bits per heavy atom. The topological polar surface area (TPSA) is 93.1 Å². The number of phosphoric ester groups is 1. The van der Waals surface area contributed by atoms with E-state index in [0.29, 0.717) is 24.8 Å². The maximum atomic E-state index is 11.1. The summed E-state index contributed by atoms with van der Waals surface area (Å²) in [5.41, 5.74) is 0.330. The smallest absolute Gasteiger partial charge is 0.462 e. The van der Waals surface area contributed by atoms with Crippen LogP contribution in [0.25, 0.3) is 0 Å². The van der Waals surface area contributed by atoms with Crippen LogP contribution in [0.4, 0.5) is 0 Å². The van der Waals surface area contributed by atoms with Crippen molar-refractivity contribution in [2.24, 2.45) is 0 Å². The molecule has 2 N–H and O–H groups in total. The Morgan fingerprint density at radius 1 is 1.25 bits per heavy atom. The van der Waals surface area contributed by atoms with Crippen LogP contribution in [0.1, 0.15) is 52.4 Å². The monoisotopic (exact) mass is 308 g/mol. The van der Waals surface area contributed by atoms with Crippen molar-refractivity contribution in [3.63, 3.8) is 0 Å². The predicted molar refractivity (Wildman–Crippen MR) is 76.1 cm³/mol. The minimum absolute atomic E-state index is 0.195. The molecule has 0 saturated carbocycles. The summed E-state index contributed by atoms with van der Waals surface area (Å²) in [6, 6.07) is 0. The molecule has 6 nitrogen and oxygen atoms in total. The van der Waals surface area contributed by atoms with Gasteiger partial charge in [0, 0.05) is 5.57 Å². The maximum absolute atomic E-state index is 11.1. The molecule has 0 spiro atoms. The summed E-state index contributed by atoms with van der Waals surface area (Å²) < 4.78 is 20.5. The molecule has 0 rings (SSSR count). The molecule has 118 valence electrons. The summed E-state index contributed by atoms with van der Waals surface area (Å²) >= 11 is 0. The molecule has 0 aromatic heterocycles. The molecule has 0 radical (unpaired) electrons. The zero-order valence-electron chi connectivity index (χ0n) is 12.2. The number of hydrogen-bond donors (Lipinski definition) is 2. The molecule has 1 unspecified atom stereocenters. The van der Waals surface area contributed by atoms with Gasteiger partial charge in [-0.05, 0) is 26.2 Å². The van der Waals surface area contributed by atoms with Crippen molar-refractivity contribution < 1.29 is 28.4 Å². The molecule has 0 heterocycles. The number of carbonyl (C=O) groups excluding carboxylic acids is 1. The van der Waals surface area contributed by atoms with Crippen LogP contribution >= 0.6 is 7.82 Å². The highest BCUT2D eigenvalue weighted by atomic mass is 31.2. The van der Waals surface area contributed by atoms with Gasteiger partial charge in [-0.15, -0.1) is 0 Å². The molecular weight excluding hydrogens is 283 g/mol. The van der Waals surface area contributed by atoms with Gasteiger partial charge in [-0.3, -0.25) is 4.52 Å². The van der Waals surface area contributed by atoms with E-state index in [1.54, 1.807) is 6.92 Å². The predicted octanol–water partition coefficient (Wildman–Crippen LogP) is 2.94. The normalized spacial score (nSPS) is 13.0. The van der Waals surface area contributed by atoms with E-state index in [0.717, 1.165) is 19.3 Å². The van der Waals surface area contributed by atoms with Crippen molar-refractivity contribution >= 4 is 13.8 Å². The fourth-order valence-electron chi connectivity index (χ4n) is 1.67. The van der Waals surface area contributed by atoms with Crippen molar-refractivity contribution in [3.05, 3.63) is 12.2 Å². The lowest BCUT2D eigenvalue weighted by molar-refractivity contribution is -0.139. The van der Waals surface area contributed by atoms with Crippen molar-refractivity contribution in [3.8, 4) is 0 Å². The van der Waals surface area contributed by atoms with E-state index in [9.17, 15) is 9.36 Å². The molecule has 0 amide bonds. The standard InChI is InChI=1S/C13H25O6P/c1-4-5-6-8-12(19-20(15,16)17)9-7-10-18-13(14)11(2)3/h12H,2,4-10H2,1,3H3,(H2,15,16,17). The van der Waals surface area contributed by atoms with Gasteiger partial charge >= 0.3 is 13.8 Å². The Kier molecular flexibility index (Phi) is 9.76. The Bertz CT molecular complexity index is 349. The number of phosphoric acid groups is 1. The molecule has 0 aromatic rings. The molecule has 0 aromatic carbocycles. The minimum atomic E-state index is -4.48. The Morgan fingerprint density at radius 3 is 2.35 bits per heavy atom.